The molecular formula is C12H17N3O2S. The summed E-state index contributed by atoms with van der Waals surface area (Å²) in [5.74, 6) is 1.08. The summed E-state index contributed by atoms with van der Waals surface area (Å²) in [5.41, 5.74) is 0.647. The first-order valence-corrected chi connectivity index (χ1v) is 7.23. The van der Waals surface area contributed by atoms with Gasteiger partial charge in [-0.3, -0.25) is 15.1 Å². The molecule has 0 bridgehead atoms. The molecule has 98 valence electrons. The molecule has 1 N–H and O–H groups in total. The van der Waals surface area contributed by atoms with Crippen molar-refractivity contribution in [2.75, 3.05) is 11.1 Å². The topological polar surface area (TPSA) is 68.1 Å². The molecule has 1 saturated carbocycles. The Balaban J connectivity index is 2.11. The fourth-order valence-corrected chi connectivity index (χ4v) is 3.56. The van der Waals surface area contributed by atoms with Gasteiger partial charge in [0.15, 0.2) is 0 Å². The van der Waals surface area contributed by atoms with Gasteiger partial charge in [0.25, 0.3) is 0 Å². The third kappa shape index (κ3) is 2.93. The molecule has 0 amide bonds. The van der Waals surface area contributed by atoms with Gasteiger partial charge in [-0.25, -0.2) is 0 Å². The molecule has 0 aromatic carbocycles. The first-order valence-electron chi connectivity index (χ1n) is 6.19. The van der Waals surface area contributed by atoms with Crippen LogP contribution in [0.25, 0.3) is 0 Å². The first kappa shape index (κ1) is 13.1. The minimum absolute atomic E-state index is 0.0599. The van der Waals surface area contributed by atoms with Gasteiger partial charge in [-0.1, -0.05) is 13.3 Å². The lowest BCUT2D eigenvalue weighted by Crippen LogP contribution is -2.26. The van der Waals surface area contributed by atoms with Gasteiger partial charge in [-0.2, -0.15) is 11.8 Å². The molecule has 2 rings (SSSR count). The van der Waals surface area contributed by atoms with Crippen molar-refractivity contribution in [3.63, 3.8) is 0 Å². The number of nitrogens with zero attached hydrogens (tertiary/aromatic N) is 2. The van der Waals surface area contributed by atoms with Crippen LogP contribution in [-0.2, 0) is 0 Å². The Morgan fingerprint density at radius 2 is 2.44 bits per heavy atom. The Morgan fingerprint density at radius 3 is 3.17 bits per heavy atom. The maximum absolute atomic E-state index is 10.9. The number of hydrogen-bond donors (Lipinski definition) is 1. The lowest BCUT2D eigenvalue weighted by molar-refractivity contribution is -0.384. The van der Waals surface area contributed by atoms with Gasteiger partial charge in [0.2, 0.25) is 0 Å². The minimum Gasteiger partial charge on any atom is -0.376 e. The summed E-state index contributed by atoms with van der Waals surface area (Å²) in [5, 5.41) is 14.8. The molecule has 18 heavy (non-hydrogen) atoms. The number of nitrogens with one attached hydrogen (secondary N) is 1. The average molecular weight is 267 g/mol. The number of thioether (sulfide) groups is 1. The van der Waals surface area contributed by atoms with E-state index in [0.717, 1.165) is 12.2 Å². The van der Waals surface area contributed by atoms with Crippen molar-refractivity contribution in [2.45, 2.75) is 37.5 Å². The summed E-state index contributed by atoms with van der Waals surface area (Å²) in [7, 11) is 0. The number of pyridine rings is 1. The maximum Gasteiger partial charge on any atom is 0.310 e. The van der Waals surface area contributed by atoms with Crippen LogP contribution < -0.4 is 5.32 Å². The number of nitro groups is 1. The number of aromatic nitrogens is 1. The minimum atomic E-state index is -0.383. The zero-order valence-corrected chi connectivity index (χ0v) is 11.2. The van der Waals surface area contributed by atoms with E-state index < -0.39 is 0 Å². The smallest absolute Gasteiger partial charge is 0.310 e. The van der Waals surface area contributed by atoms with Crippen molar-refractivity contribution in [3.05, 3.63) is 28.6 Å². The van der Waals surface area contributed by atoms with E-state index in [4.69, 9.17) is 0 Å². The Hall–Kier alpha value is -1.30. The van der Waals surface area contributed by atoms with Crippen LogP contribution in [0, 0.1) is 10.1 Å². The molecule has 5 nitrogen and oxygen atoms in total. The standard InChI is InChI=1S/C12H17N3O2S/c1-2-18-12-5-3-4-10(12)14-9-6-7-13-8-11(9)15(16)17/h6-8,10,12H,2-5H2,1H3,(H,13,14). The van der Waals surface area contributed by atoms with Crippen LogP contribution in [0.1, 0.15) is 26.2 Å². The lowest BCUT2D eigenvalue weighted by atomic mass is 10.2. The van der Waals surface area contributed by atoms with E-state index >= 15 is 0 Å². The van der Waals surface area contributed by atoms with E-state index in [-0.39, 0.29) is 10.6 Å². The summed E-state index contributed by atoms with van der Waals surface area (Å²) >= 11 is 1.93. The molecule has 1 aromatic rings. The van der Waals surface area contributed by atoms with Gasteiger partial charge < -0.3 is 5.32 Å². The van der Waals surface area contributed by atoms with E-state index in [2.05, 4.69) is 17.2 Å². The number of hydrogen-bond acceptors (Lipinski definition) is 5. The summed E-state index contributed by atoms with van der Waals surface area (Å²) < 4.78 is 0. The summed E-state index contributed by atoms with van der Waals surface area (Å²) in [6.45, 7) is 2.15. The molecule has 6 heteroatoms. The highest BCUT2D eigenvalue weighted by molar-refractivity contribution is 7.99. The van der Waals surface area contributed by atoms with Crippen LogP contribution >= 0.6 is 11.8 Å². The van der Waals surface area contributed by atoms with Crippen molar-refractivity contribution in [1.29, 1.82) is 0 Å². The van der Waals surface area contributed by atoms with Crippen LogP contribution in [0.4, 0.5) is 11.4 Å². The highest BCUT2D eigenvalue weighted by atomic mass is 32.2. The molecule has 1 aliphatic carbocycles. The van der Waals surface area contributed by atoms with Gasteiger partial charge in [0.1, 0.15) is 11.9 Å². The maximum atomic E-state index is 10.9. The van der Waals surface area contributed by atoms with Crippen molar-refractivity contribution < 1.29 is 4.92 Å². The quantitative estimate of drug-likeness (QED) is 0.656. The molecule has 0 spiro atoms. The summed E-state index contributed by atoms with van der Waals surface area (Å²) in [6.07, 6.45) is 6.35. The van der Waals surface area contributed by atoms with Crippen molar-refractivity contribution in [3.8, 4) is 0 Å². The van der Waals surface area contributed by atoms with Crippen LogP contribution in [0.5, 0.6) is 0 Å². The van der Waals surface area contributed by atoms with Gasteiger partial charge in [0.05, 0.1) is 4.92 Å². The highest BCUT2D eigenvalue weighted by Crippen LogP contribution is 2.33. The molecule has 2 atom stereocenters. The van der Waals surface area contributed by atoms with Gasteiger partial charge in [-0.15, -0.1) is 0 Å². The highest BCUT2D eigenvalue weighted by Gasteiger charge is 2.28. The fourth-order valence-electron chi connectivity index (χ4n) is 2.36. The second-order valence-corrected chi connectivity index (χ2v) is 5.84. The SMILES string of the molecule is CCSC1CCCC1Nc1ccncc1[N+](=O)[O-]. The number of anilines is 1. The van der Waals surface area contributed by atoms with Crippen molar-refractivity contribution >= 4 is 23.1 Å². The van der Waals surface area contributed by atoms with E-state index in [1.165, 1.54) is 19.0 Å². The molecule has 1 heterocycles. The second kappa shape index (κ2) is 6.04. The number of rotatable bonds is 5. The fraction of sp³-hybridized carbons (Fsp3) is 0.583. The average Bonchev–Trinajstić information content (AvgIpc) is 2.78. The van der Waals surface area contributed by atoms with Crippen molar-refractivity contribution in [1.82, 2.24) is 4.98 Å². The second-order valence-electron chi connectivity index (χ2n) is 4.33. The van der Waals surface area contributed by atoms with Gasteiger partial charge in [-0.05, 0) is 24.7 Å². The van der Waals surface area contributed by atoms with E-state index in [1.807, 2.05) is 11.8 Å². The Morgan fingerprint density at radius 1 is 1.61 bits per heavy atom. The van der Waals surface area contributed by atoms with Crippen LogP contribution in [0.3, 0.4) is 0 Å². The molecule has 0 saturated heterocycles. The molecule has 1 fully saturated rings. The zero-order chi connectivity index (χ0) is 13.0. The van der Waals surface area contributed by atoms with Gasteiger partial charge in [0, 0.05) is 17.5 Å². The largest absolute Gasteiger partial charge is 0.376 e. The van der Waals surface area contributed by atoms with Gasteiger partial charge >= 0.3 is 5.69 Å². The summed E-state index contributed by atoms with van der Waals surface area (Å²) in [6, 6.07) is 2.01. The first-order chi connectivity index (χ1) is 8.72. The molecule has 2 unspecified atom stereocenters. The normalized spacial score (nSPS) is 22.9. The lowest BCUT2D eigenvalue weighted by Gasteiger charge is -2.20. The predicted octanol–water partition coefficient (Wildman–Crippen LogP) is 3.08. The Bertz CT molecular complexity index is 428. The van der Waals surface area contributed by atoms with E-state index in [0.29, 0.717) is 17.0 Å². The molecule has 1 aliphatic rings. The van der Waals surface area contributed by atoms with Crippen LogP contribution in [0.2, 0.25) is 0 Å². The monoisotopic (exact) mass is 267 g/mol. The molecular weight excluding hydrogens is 250 g/mol. The van der Waals surface area contributed by atoms with Crippen molar-refractivity contribution in [2.24, 2.45) is 0 Å². The zero-order valence-electron chi connectivity index (χ0n) is 10.3. The summed E-state index contributed by atoms with van der Waals surface area (Å²) in [4.78, 5) is 14.4. The Kier molecular flexibility index (Phi) is 4.41. The predicted molar refractivity (Wildman–Crippen MR) is 74.1 cm³/mol. The molecule has 0 aliphatic heterocycles. The Labute approximate surface area is 111 Å². The third-order valence-electron chi connectivity index (χ3n) is 3.17. The van der Waals surface area contributed by atoms with E-state index in [9.17, 15) is 10.1 Å². The molecule has 1 aromatic heterocycles. The third-order valence-corrected chi connectivity index (χ3v) is 4.50. The van der Waals surface area contributed by atoms with Crippen LogP contribution in [-0.4, -0.2) is 27.0 Å². The van der Waals surface area contributed by atoms with Crippen LogP contribution in [0.15, 0.2) is 18.5 Å². The molecule has 0 radical (unpaired) electrons. The van der Waals surface area contributed by atoms with E-state index in [1.54, 1.807) is 12.3 Å².